The van der Waals surface area contributed by atoms with Gasteiger partial charge < -0.3 is 24.3 Å². The Balaban J connectivity index is 1.29. The molecular formula is C32H46N4O11S. The largest absolute Gasteiger partial charge is 0.447 e. The Kier molecular flexibility index (Phi) is 13.3. The molecule has 48 heavy (non-hydrogen) atoms. The van der Waals surface area contributed by atoms with Crippen LogP contribution in [0.5, 0.6) is 0 Å². The van der Waals surface area contributed by atoms with Crippen LogP contribution < -0.4 is 21.3 Å². The van der Waals surface area contributed by atoms with E-state index in [1.165, 1.54) is 25.5 Å². The van der Waals surface area contributed by atoms with Gasteiger partial charge in [-0.1, -0.05) is 75.8 Å². The van der Waals surface area contributed by atoms with Gasteiger partial charge in [0.2, 0.25) is 5.91 Å². The Morgan fingerprint density at radius 2 is 1.69 bits per heavy atom. The summed E-state index contributed by atoms with van der Waals surface area (Å²) in [7, 11) is -4.68. The number of hydrogen-bond donors (Lipinski definition) is 3. The van der Waals surface area contributed by atoms with E-state index in [2.05, 4.69) is 17.2 Å². The summed E-state index contributed by atoms with van der Waals surface area (Å²) in [4.78, 5) is 51.3. The van der Waals surface area contributed by atoms with Crippen molar-refractivity contribution in [1.29, 1.82) is 0 Å². The van der Waals surface area contributed by atoms with E-state index in [-0.39, 0.29) is 12.5 Å². The third-order valence-electron chi connectivity index (χ3n) is 7.96. The minimum atomic E-state index is -4.68. The van der Waals surface area contributed by atoms with Gasteiger partial charge in [0, 0.05) is 18.7 Å². The summed E-state index contributed by atoms with van der Waals surface area (Å²) in [6.45, 7) is 4.58. The summed E-state index contributed by atoms with van der Waals surface area (Å²) in [5, 5.41) is 2.90. The van der Waals surface area contributed by atoms with Gasteiger partial charge in [-0.05, 0) is 32.3 Å². The smallest absolute Gasteiger partial charge is 0.422 e. The fraction of sp³-hybridized carbons (Fsp3) is 0.625. The highest BCUT2D eigenvalue weighted by Crippen LogP contribution is 2.42. The molecule has 2 aliphatic heterocycles. The lowest BCUT2D eigenvalue weighted by atomic mass is 10.1. The van der Waals surface area contributed by atoms with Crippen LogP contribution in [0.2, 0.25) is 0 Å². The highest BCUT2D eigenvalue weighted by atomic mass is 32.2. The van der Waals surface area contributed by atoms with Gasteiger partial charge in [0.1, 0.15) is 24.9 Å². The Hall–Kier alpha value is -3.57. The zero-order valence-electron chi connectivity index (χ0n) is 27.6. The van der Waals surface area contributed by atoms with E-state index in [9.17, 15) is 27.6 Å². The first-order valence-electron chi connectivity index (χ1n) is 16.4. The summed E-state index contributed by atoms with van der Waals surface area (Å²) < 4.78 is 56.0. The van der Waals surface area contributed by atoms with Crippen molar-refractivity contribution in [3.63, 3.8) is 0 Å². The molecule has 2 unspecified atom stereocenters. The second-order valence-electron chi connectivity index (χ2n) is 12.4. The first-order chi connectivity index (χ1) is 22.9. The molecule has 5 atom stereocenters. The van der Waals surface area contributed by atoms with Crippen LogP contribution in [-0.2, 0) is 44.7 Å². The van der Waals surface area contributed by atoms with Crippen molar-refractivity contribution in [2.45, 2.75) is 115 Å². The molecule has 2 amide bonds. The van der Waals surface area contributed by atoms with Crippen LogP contribution in [-0.4, -0.2) is 73.3 Å². The van der Waals surface area contributed by atoms with E-state index in [4.69, 9.17) is 23.1 Å². The minimum absolute atomic E-state index is 0.178. The average molecular weight is 695 g/mol. The molecule has 3 N–H and O–H groups in total. The topological polar surface area (TPSA) is 193 Å². The van der Waals surface area contributed by atoms with Crippen molar-refractivity contribution in [2.24, 2.45) is 0 Å². The Labute approximate surface area is 279 Å². The molecule has 0 saturated carbocycles. The third kappa shape index (κ3) is 11.3. The van der Waals surface area contributed by atoms with Crippen molar-refractivity contribution < 1.29 is 41.1 Å². The average Bonchev–Trinajstić information content (AvgIpc) is 3.51. The van der Waals surface area contributed by atoms with E-state index in [1.807, 2.05) is 30.3 Å². The molecule has 2 aromatic rings. The van der Waals surface area contributed by atoms with E-state index in [1.54, 1.807) is 18.6 Å². The molecule has 2 aliphatic rings. The molecule has 2 saturated heterocycles. The Morgan fingerprint density at radius 1 is 1.00 bits per heavy atom. The molecule has 0 bridgehead atoms. The number of amides is 2. The molecule has 266 valence electrons. The van der Waals surface area contributed by atoms with Crippen LogP contribution >= 0.6 is 0 Å². The monoisotopic (exact) mass is 694 g/mol. The Morgan fingerprint density at radius 3 is 2.40 bits per heavy atom. The lowest BCUT2D eigenvalue weighted by Crippen LogP contribution is -2.42. The number of benzene rings is 1. The van der Waals surface area contributed by atoms with Gasteiger partial charge in [0.25, 0.3) is 5.56 Å². The number of rotatable bonds is 18. The summed E-state index contributed by atoms with van der Waals surface area (Å²) in [6, 6.07) is 9.86. The number of carbonyl (C=O) groups is 2. The van der Waals surface area contributed by atoms with Gasteiger partial charge in [-0.3, -0.25) is 23.3 Å². The zero-order valence-corrected chi connectivity index (χ0v) is 28.4. The van der Waals surface area contributed by atoms with Gasteiger partial charge in [0.05, 0.1) is 12.6 Å². The fourth-order valence-electron chi connectivity index (χ4n) is 5.73. The molecule has 16 heteroatoms. The number of fused-ring (bicyclic) bond motifs is 1. The first kappa shape index (κ1) is 37.3. The van der Waals surface area contributed by atoms with Gasteiger partial charge >= 0.3 is 22.1 Å². The van der Waals surface area contributed by atoms with Crippen molar-refractivity contribution >= 4 is 22.3 Å². The van der Waals surface area contributed by atoms with Crippen LogP contribution in [0.15, 0.2) is 52.2 Å². The number of nitrogens with zero attached hydrogens (tertiary/aromatic N) is 1. The first-order valence-corrected chi connectivity index (χ1v) is 17.8. The van der Waals surface area contributed by atoms with Crippen LogP contribution in [0.1, 0.15) is 83.9 Å². The normalized spacial score (nSPS) is 22.1. The quantitative estimate of drug-likeness (QED) is 0.194. The molecule has 15 nitrogen and oxygen atoms in total. The third-order valence-corrected chi connectivity index (χ3v) is 8.82. The maximum atomic E-state index is 12.7. The summed E-state index contributed by atoms with van der Waals surface area (Å²) in [5.74, 6) is -1.26. The SMILES string of the molecule is CCCCCCCCCC(=O)N[C@@H](COC(=O)NS(=O)(=O)OC[C@H]1O[C@@H](n2ccc(=O)[nH]c2=O)C2OC(C)(C)OC21)Cc1ccccc1. The highest BCUT2D eigenvalue weighted by molar-refractivity contribution is 7.85. The number of aromatic nitrogens is 2. The van der Waals surface area contributed by atoms with E-state index in [0.717, 1.165) is 41.9 Å². The fourth-order valence-corrected chi connectivity index (χ4v) is 6.37. The molecular weight excluding hydrogens is 648 g/mol. The summed E-state index contributed by atoms with van der Waals surface area (Å²) in [6.07, 6.45) is 4.38. The molecule has 3 heterocycles. The van der Waals surface area contributed by atoms with E-state index in [0.29, 0.717) is 12.8 Å². The number of aromatic amines is 1. The van der Waals surface area contributed by atoms with E-state index < -0.39 is 70.6 Å². The molecule has 1 aromatic carbocycles. The number of ether oxygens (including phenoxy) is 4. The van der Waals surface area contributed by atoms with Crippen LogP contribution in [0, 0.1) is 0 Å². The van der Waals surface area contributed by atoms with Crippen LogP contribution in [0.25, 0.3) is 0 Å². The highest BCUT2D eigenvalue weighted by Gasteiger charge is 2.56. The molecule has 0 radical (unpaired) electrons. The number of hydrogen-bond acceptors (Lipinski definition) is 11. The van der Waals surface area contributed by atoms with Gasteiger partial charge in [0.15, 0.2) is 12.0 Å². The molecule has 0 aliphatic carbocycles. The minimum Gasteiger partial charge on any atom is -0.447 e. The van der Waals surface area contributed by atoms with Crippen molar-refractivity contribution in [3.8, 4) is 0 Å². The molecule has 1 aromatic heterocycles. The zero-order chi connectivity index (χ0) is 34.7. The Bertz CT molecular complexity index is 1580. The van der Waals surface area contributed by atoms with Gasteiger partial charge in [-0.15, -0.1) is 0 Å². The standard InChI is InChI=1S/C32H46N4O11S/c1-4-5-6-7-8-9-13-16-25(37)33-23(19-22-14-11-10-12-15-22)20-43-31(40)35-48(41,42)44-21-24-27-28(47-32(2,3)46-27)29(45-24)36-18-17-26(38)34-30(36)39/h10-12,14-15,17-18,23-24,27-29H,4-9,13,16,19-21H2,1-3H3,(H,33,37)(H,35,40)(H,34,38,39)/t23-,24-,27?,28?,29-/m1/s1. The van der Waals surface area contributed by atoms with Crippen LogP contribution in [0.4, 0.5) is 4.79 Å². The predicted octanol–water partition coefficient (Wildman–Crippen LogP) is 2.81. The lowest BCUT2D eigenvalue weighted by Gasteiger charge is -2.24. The molecule has 0 spiro atoms. The maximum absolute atomic E-state index is 12.7. The van der Waals surface area contributed by atoms with Crippen molar-refractivity contribution in [3.05, 3.63) is 69.0 Å². The molecule has 4 rings (SSSR count). The van der Waals surface area contributed by atoms with Crippen LogP contribution in [0.3, 0.4) is 0 Å². The molecule has 2 fully saturated rings. The van der Waals surface area contributed by atoms with Crippen molar-refractivity contribution in [1.82, 2.24) is 19.6 Å². The number of H-pyrrole nitrogens is 1. The number of carbonyl (C=O) groups excluding carboxylic acids is 2. The summed E-state index contributed by atoms with van der Waals surface area (Å²) in [5.41, 5.74) is -0.453. The second kappa shape index (κ2) is 17.2. The summed E-state index contributed by atoms with van der Waals surface area (Å²) >= 11 is 0. The lowest BCUT2D eigenvalue weighted by molar-refractivity contribution is -0.199. The predicted molar refractivity (Wildman–Crippen MR) is 173 cm³/mol. The number of nitrogens with one attached hydrogen (secondary N) is 3. The maximum Gasteiger partial charge on any atom is 0.422 e. The van der Waals surface area contributed by atoms with Gasteiger partial charge in [-0.2, -0.15) is 13.1 Å². The van der Waals surface area contributed by atoms with Gasteiger partial charge in [-0.25, -0.2) is 9.59 Å². The second-order valence-corrected chi connectivity index (χ2v) is 13.8. The van der Waals surface area contributed by atoms with Crippen molar-refractivity contribution in [2.75, 3.05) is 13.2 Å². The number of unbranched alkanes of at least 4 members (excludes halogenated alkanes) is 6. The van der Waals surface area contributed by atoms with E-state index >= 15 is 0 Å².